The molecule has 4 rings (SSSR count). The number of benzene rings is 1. The number of rotatable bonds is 6. The van der Waals surface area contributed by atoms with E-state index in [1.54, 1.807) is 12.3 Å². The van der Waals surface area contributed by atoms with Crippen LogP contribution in [0.5, 0.6) is 0 Å². The average Bonchev–Trinajstić information content (AvgIpc) is 2.76. The standard InChI is InChI=1S/C20H21ClFN7O2/c1-20(26-10-16(30)31)4-6-29(7-5-20)19-23-9-15-17(28-19)18(25-11-24-15)27-12-2-3-14(22)13(21)8-12/h2-3,8-9,11,26H,4-7,10H2,1H3,(H,30,31)(H,24,25,27). The molecule has 3 heterocycles. The molecule has 9 nitrogen and oxygen atoms in total. The van der Waals surface area contributed by atoms with Crippen LogP contribution in [-0.4, -0.2) is 56.2 Å². The highest BCUT2D eigenvalue weighted by Crippen LogP contribution is 2.28. The Hall–Kier alpha value is -3.11. The Morgan fingerprint density at radius 3 is 2.77 bits per heavy atom. The maximum atomic E-state index is 13.4. The van der Waals surface area contributed by atoms with Crippen LogP contribution in [0.25, 0.3) is 11.0 Å². The van der Waals surface area contributed by atoms with Crippen molar-refractivity contribution >= 4 is 46.1 Å². The van der Waals surface area contributed by atoms with Crippen LogP contribution >= 0.6 is 11.6 Å². The third kappa shape index (κ3) is 4.80. The van der Waals surface area contributed by atoms with Gasteiger partial charge in [-0.05, 0) is 38.0 Å². The number of fused-ring (bicyclic) bond motifs is 1. The minimum atomic E-state index is -0.871. The van der Waals surface area contributed by atoms with Crippen molar-refractivity contribution in [3.63, 3.8) is 0 Å². The van der Waals surface area contributed by atoms with Gasteiger partial charge in [0.05, 0.1) is 17.8 Å². The fourth-order valence-electron chi connectivity index (χ4n) is 3.47. The zero-order valence-electron chi connectivity index (χ0n) is 16.8. The van der Waals surface area contributed by atoms with Crippen molar-refractivity contribution in [3.8, 4) is 0 Å². The predicted octanol–water partition coefficient (Wildman–Crippen LogP) is 2.99. The molecule has 3 aromatic rings. The molecule has 0 unspecified atom stereocenters. The van der Waals surface area contributed by atoms with Gasteiger partial charge in [-0.15, -0.1) is 0 Å². The Labute approximate surface area is 182 Å². The number of halogens is 2. The van der Waals surface area contributed by atoms with E-state index in [9.17, 15) is 9.18 Å². The number of piperidine rings is 1. The molecule has 0 amide bonds. The molecular formula is C20H21ClFN7O2. The first-order valence-corrected chi connectivity index (χ1v) is 10.1. The lowest BCUT2D eigenvalue weighted by molar-refractivity contribution is -0.136. The van der Waals surface area contributed by atoms with Gasteiger partial charge in [-0.25, -0.2) is 24.3 Å². The summed E-state index contributed by atoms with van der Waals surface area (Å²) in [6, 6.07) is 4.31. The van der Waals surface area contributed by atoms with Crippen LogP contribution in [-0.2, 0) is 4.79 Å². The Morgan fingerprint density at radius 1 is 1.29 bits per heavy atom. The molecule has 0 atom stereocenters. The quantitative estimate of drug-likeness (QED) is 0.526. The number of anilines is 3. The highest BCUT2D eigenvalue weighted by molar-refractivity contribution is 6.31. The molecular weight excluding hydrogens is 425 g/mol. The smallest absolute Gasteiger partial charge is 0.317 e. The Kier molecular flexibility index (Phi) is 5.84. The number of hydrogen-bond donors (Lipinski definition) is 3. The number of hydrogen-bond acceptors (Lipinski definition) is 8. The average molecular weight is 446 g/mol. The van der Waals surface area contributed by atoms with Crippen molar-refractivity contribution in [1.82, 2.24) is 25.3 Å². The van der Waals surface area contributed by atoms with Gasteiger partial charge in [-0.2, -0.15) is 0 Å². The highest BCUT2D eigenvalue weighted by Gasteiger charge is 2.31. The van der Waals surface area contributed by atoms with Crippen molar-refractivity contribution in [1.29, 1.82) is 0 Å². The monoisotopic (exact) mass is 445 g/mol. The normalized spacial score (nSPS) is 15.8. The fraction of sp³-hybridized carbons (Fsp3) is 0.350. The van der Waals surface area contributed by atoms with Crippen LogP contribution in [0.15, 0.2) is 30.7 Å². The molecule has 0 saturated carbocycles. The molecule has 0 radical (unpaired) electrons. The second kappa shape index (κ2) is 8.56. The van der Waals surface area contributed by atoms with Crippen molar-refractivity contribution in [3.05, 3.63) is 41.6 Å². The maximum Gasteiger partial charge on any atom is 0.317 e. The first-order valence-electron chi connectivity index (χ1n) is 9.75. The summed E-state index contributed by atoms with van der Waals surface area (Å²) >= 11 is 5.87. The lowest BCUT2D eigenvalue weighted by atomic mass is 9.89. The molecule has 1 fully saturated rings. The van der Waals surface area contributed by atoms with E-state index in [4.69, 9.17) is 16.7 Å². The third-order valence-corrected chi connectivity index (χ3v) is 5.65. The molecule has 3 N–H and O–H groups in total. The molecule has 2 aromatic heterocycles. The molecule has 1 aromatic carbocycles. The van der Waals surface area contributed by atoms with Crippen molar-refractivity contribution in [2.24, 2.45) is 0 Å². The van der Waals surface area contributed by atoms with Crippen molar-refractivity contribution in [2.45, 2.75) is 25.3 Å². The van der Waals surface area contributed by atoms with Crippen LogP contribution < -0.4 is 15.5 Å². The molecule has 11 heteroatoms. The highest BCUT2D eigenvalue weighted by atomic mass is 35.5. The minimum absolute atomic E-state index is 0.00606. The Morgan fingerprint density at radius 2 is 2.06 bits per heavy atom. The van der Waals surface area contributed by atoms with E-state index in [0.29, 0.717) is 41.6 Å². The summed E-state index contributed by atoms with van der Waals surface area (Å²) in [4.78, 5) is 30.5. The van der Waals surface area contributed by atoms with E-state index in [-0.39, 0.29) is 17.1 Å². The van der Waals surface area contributed by atoms with E-state index < -0.39 is 11.8 Å². The van der Waals surface area contributed by atoms with E-state index in [1.165, 1.54) is 18.5 Å². The van der Waals surface area contributed by atoms with Gasteiger partial charge < -0.3 is 20.6 Å². The number of carboxylic acid groups (broad SMARTS) is 1. The summed E-state index contributed by atoms with van der Waals surface area (Å²) in [5.74, 6) is -0.368. The summed E-state index contributed by atoms with van der Waals surface area (Å²) in [5, 5.41) is 15.1. The van der Waals surface area contributed by atoms with Crippen LogP contribution in [0.4, 0.5) is 21.8 Å². The number of nitrogens with one attached hydrogen (secondary N) is 2. The maximum absolute atomic E-state index is 13.4. The summed E-state index contributed by atoms with van der Waals surface area (Å²) in [5.41, 5.74) is 1.43. The van der Waals surface area contributed by atoms with Crippen molar-refractivity contribution in [2.75, 3.05) is 29.9 Å². The molecule has 31 heavy (non-hydrogen) atoms. The predicted molar refractivity (Wildman–Crippen MR) is 115 cm³/mol. The fourth-order valence-corrected chi connectivity index (χ4v) is 3.65. The van der Waals surface area contributed by atoms with E-state index in [2.05, 4.69) is 35.5 Å². The SMILES string of the molecule is CC1(NCC(=O)O)CCN(c2ncc3ncnc(Nc4ccc(F)c(Cl)c4)c3n2)CC1. The minimum Gasteiger partial charge on any atom is -0.480 e. The van der Waals surface area contributed by atoms with Gasteiger partial charge in [0.25, 0.3) is 0 Å². The largest absolute Gasteiger partial charge is 0.480 e. The lowest BCUT2D eigenvalue weighted by Gasteiger charge is -2.39. The molecule has 0 spiro atoms. The molecule has 1 saturated heterocycles. The van der Waals surface area contributed by atoms with Gasteiger partial charge in [0.1, 0.15) is 23.2 Å². The third-order valence-electron chi connectivity index (χ3n) is 5.36. The van der Waals surface area contributed by atoms with Gasteiger partial charge in [0.2, 0.25) is 5.95 Å². The van der Waals surface area contributed by atoms with Crippen LogP contribution in [0, 0.1) is 5.82 Å². The van der Waals surface area contributed by atoms with Gasteiger partial charge in [0.15, 0.2) is 5.82 Å². The zero-order chi connectivity index (χ0) is 22.0. The van der Waals surface area contributed by atoms with Gasteiger partial charge in [0, 0.05) is 24.3 Å². The van der Waals surface area contributed by atoms with Crippen LogP contribution in [0.3, 0.4) is 0 Å². The summed E-state index contributed by atoms with van der Waals surface area (Å²) in [6.07, 6.45) is 4.55. The number of nitrogens with zero attached hydrogens (tertiary/aromatic N) is 5. The molecule has 0 bridgehead atoms. The van der Waals surface area contributed by atoms with Crippen LogP contribution in [0.1, 0.15) is 19.8 Å². The number of carbonyl (C=O) groups is 1. The number of carboxylic acids is 1. The number of aromatic nitrogens is 4. The van der Waals surface area contributed by atoms with Gasteiger partial charge >= 0.3 is 5.97 Å². The second-order valence-corrected chi connectivity index (χ2v) is 8.08. The van der Waals surface area contributed by atoms with Crippen molar-refractivity contribution < 1.29 is 14.3 Å². The van der Waals surface area contributed by atoms with Gasteiger partial charge in [-0.3, -0.25) is 4.79 Å². The molecule has 1 aliphatic rings. The Balaban J connectivity index is 1.54. The Bertz CT molecular complexity index is 1120. The van der Waals surface area contributed by atoms with E-state index in [1.807, 2.05) is 6.92 Å². The molecule has 162 valence electrons. The topological polar surface area (TPSA) is 116 Å². The van der Waals surface area contributed by atoms with Gasteiger partial charge in [-0.1, -0.05) is 11.6 Å². The zero-order valence-corrected chi connectivity index (χ0v) is 17.5. The number of aliphatic carboxylic acids is 1. The van der Waals surface area contributed by atoms with E-state index in [0.717, 1.165) is 12.8 Å². The summed E-state index contributed by atoms with van der Waals surface area (Å²) < 4.78 is 13.4. The second-order valence-electron chi connectivity index (χ2n) is 7.68. The lowest BCUT2D eigenvalue weighted by Crippen LogP contribution is -2.53. The van der Waals surface area contributed by atoms with E-state index >= 15 is 0 Å². The first-order chi connectivity index (χ1) is 14.8. The summed E-state index contributed by atoms with van der Waals surface area (Å²) in [7, 11) is 0. The first kappa shape index (κ1) is 21.1. The molecule has 0 aliphatic carbocycles. The summed E-state index contributed by atoms with van der Waals surface area (Å²) in [6.45, 7) is 3.32. The molecule has 1 aliphatic heterocycles. The van der Waals surface area contributed by atoms with Crippen LogP contribution in [0.2, 0.25) is 5.02 Å².